The number of nitriles is 1. The van der Waals surface area contributed by atoms with Crippen LogP contribution in [0.3, 0.4) is 0 Å². The Bertz CT molecular complexity index is 1040. The summed E-state index contributed by atoms with van der Waals surface area (Å²) in [6.45, 7) is -0.638. The van der Waals surface area contributed by atoms with Gasteiger partial charge >= 0.3 is 6.18 Å². The predicted molar refractivity (Wildman–Crippen MR) is 94.4 cm³/mol. The Morgan fingerprint density at radius 2 is 2.03 bits per heavy atom. The highest BCUT2D eigenvalue weighted by Gasteiger charge is 2.37. The number of halogens is 4. The molecule has 0 spiro atoms. The molecule has 0 bridgehead atoms. The molecule has 2 amide bonds. The second-order valence-corrected chi connectivity index (χ2v) is 6.75. The molecule has 1 fully saturated rings. The van der Waals surface area contributed by atoms with Crippen LogP contribution in [0, 0.1) is 11.3 Å². The van der Waals surface area contributed by atoms with Gasteiger partial charge in [0.15, 0.2) is 0 Å². The van der Waals surface area contributed by atoms with Gasteiger partial charge in [-0.1, -0.05) is 6.07 Å². The molecule has 0 aliphatic carbocycles. The Morgan fingerprint density at radius 1 is 1.29 bits per heavy atom. The minimum absolute atomic E-state index is 0.0795. The molecule has 8 nitrogen and oxygen atoms in total. The fraction of sp³-hybridized carbons (Fsp3) is 0.316. The summed E-state index contributed by atoms with van der Waals surface area (Å²) in [7, 11) is 0. The molecule has 1 aliphatic heterocycles. The van der Waals surface area contributed by atoms with Crippen LogP contribution in [0.4, 0.5) is 22.4 Å². The maximum absolute atomic E-state index is 13.5. The number of hydrogen-bond acceptors (Lipinski definition) is 6. The van der Waals surface area contributed by atoms with Crippen molar-refractivity contribution in [2.45, 2.75) is 31.4 Å². The number of pyridine rings is 2. The predicted octanol–water partition coefficient (Wildman–Crippen LogP) is 1.41. The second-order valence-electron chi connectivity index (χ2n) is 6.75. The van der Waals surface area contributed by atoms with Gasteiger partial charge in [-0.2, -0.15) is 18.4 Å². The normalized spacial score (nSPS) is 18.5. The number of rotatable bonds is 4. The number of amides is 2. The van der Waals surface area contributed by atoms with Gasteiger partial charge in [0.1, 0.15) is 30.1 Å². The molecule has 3 rings (SSSR count). The molecule has 2 atom stereocenters. The number of aromatic nitrogens is 2. The average molecular weight is 436 g/mol. The maximum atomic E-state index is 13.5. The van der Waals surface area contributed by atoms with Crippen LogP contribution in [0.5, 0.6) is 0 Å². The van der Waals surface area contributed by atoms with Gasteiger partial charge in [-0.25, -0.2) is 4.39 Å². The molecule has 0 unspecified atom stereocenters. The lowest BCUT2D eigenvalue weighted by Gasteiger charge is -2.25. The first-order chi connectivity index (χ1) is 14.6. The number of carbonyl (C=O) groups is 2. The fourth-order valence-corrected chi connectivity index (χ4v) is 3.17. The van der Waals surface area contributed by atoms with Crippen molar-refractivity contribution in [2.75, 3.05) is 6.54 Å². The summed E-state index contributed by atoms with van der Waals surface area (Å²) in [5, 5.41) is 22.7. The molecule has 0 saturated carbocycles. The molecule has 12 heteroatoms. The number of carboxylic acid groups (broad SMARTS) is 1. The maximum Gasteiger partial charge on any atom is 0.433 e. The van der Waals surface area contributed by atoms with Crippen LogP contribution in [0.25, 0.3) is 11.1 Å². The first kappa shape index (κ1) is 21.9. The summed E-state index contributed by atoms with van der Waals surface area (Å²) < 4.78 is 51.6. The van der Waals surface area contributed by atoms with Crippen LogP contribution in [0.2, 0.25) is 0 Å². The lowest BCUT2D eigenvalue weighted by molar-refractivity contribution is -0.266. The van der Waals surface area contributed by atoms with Crippen molar-refractivity contribution in [3.8, 4) is 17.2 Å². The van der Waals surface area contributed by atoms with E-state index >= 15 is 0 Å². The van der Waals surface area contributed by atoms with Crippen LogP contribution in [-0.2, 0) is 17.5 Å². The third-order valence-electron chi connectivity index (χ3n) is 4.68. The zero-order valence-corrected chi connectivity index (χ0v) is 15.7. The van der Waals surface area contributed by atoms with E-state index < -0.39 is 42.6 Å². The zero-order valence-electron chi connectivity index (χ0n) is 15.7. The van der Waals surface area contributed by atoms with Crippen molar-refractivity contribution in [1.29, 1.82) is 5.26 Å². The Balaban J connectivity index is 1.77. The van der Waals surface area contributed by atoms with E-state index in [1.807, 2.05) is 6.07 Å². The van der Waals surface area contributed by atoms with Crippen molar-refractivity contribution in [3.05, 3.63) is 47.5 Å². The molecule has 1 N–H and O–H groups in total. The fourth-order valence-electron chi connectivity index (χ4n) is 3.17. The van der Waals surface area contributed by atoms with Crippen molar-refractivity contribution < 1.29 is 32.3 Å². The van der Waals surface area contributed by atoms with Crippen LogP contribution < -0.4 is 10.4 Å². The zero-order chi connectivity index (χ0) is 22.8. The number of hydrogen-bond donors (Lipinski definition) is 1. The van der Waals surface area contributed by atoms with E-state index in [1.165, 1.54) is 12.3 Å². The van der Waals surface area contributed by atoms with Gasteiger partial charge < -0.3 is 20.1 Å². The molecule has 2 aromatic heterocycles. The molecule has 31 heavy (non-hydrogen) atoms. The summed E-state index contributed by atoms with van der Waals surface area (Å²) >= 11 is 0. The van der Waals surface area contributed by atoms with Crippen molar-refractivity contribution in [1.82, 2.24) is 20.2 Å². The Labute approximate surface area is 173 Å². The molecule has 3 heterocycles. The lowest BCUT2D eigenvalue weighted by atomic mass is 10.0. The molecule has 0 aromatic carbocycles. The van der Waals surface area contributed by atoms with E-state index in [0.717, 1.165) is 18.3 Å². The third-order valence-corrected chi connectivity index (χ3v) is 4.68. The number of carbonyl (C=O) groups excluding carboxylic acids is 2. The molecule has 162 valence electrons. The van der Waals surface area contributed by atoms with Crippen LogP contribution >= 0.6 is 0 Å². The van der Waals surface area contributed by atoms with Gasteiger partial charge in [0.2, 0.25) is 5.91 Å². The summed E-state index contributed by atoms with van der Waals surface area (Å²) in [6.07, 6.45) is -5.89. The van der Waals surface area contributed by atoms with E-state index in [9.17, 15) is 37.5 Å². The molecule has 1 aliphatic rings. The average Bonchev–Trinajstić information content (AvgIpc) is 3.13. The van der Waals surface area contributed by atoms with Crippen LogP contribution in [-0.4, -0.2) is 45.6 Å². The number of nitrogens with one attached hydrogen (secondary N) is 1. The smallest absolute Gasteiger partial charge is 0.433 e. The SMILES string of the molecule is N#Cc1cnc(CNC(=O)[C@@H]2C[C@@H](F)CN2C(=O)[O-])cc1-c1ccc(C(F)(F)F)nc1. The minimum atomic E-state index is -4.61. The Morgan fingerprint density at radius 3 is 2.61 bits per heavy atom. The highest BCUT2D eigenvalue weighted by atomic mass is 19.4. The lowest BCUT2D eigenvalue weighted by Crippen LogP contribution is -2.50. The third kappa shape index (κ3) is 4.88. The summed E-state index contributed by atoms with van der Waals surface area (Å²) in [4.78, 5) is 31.3. The largest absolute Gasteiger partial charge is 0.530 e. The van der Waals surface area contributed by atoms with Gasteiger partial charge in [-0.05, 0) is 12.1 Å². The van der Waals surface area contributed by atoms with E-state index in [1.54, 1.807) is 0 Å². The topological polar surface area (TPSA) is 122 Å². The van der Waals surface area contributed by atoms with Gasteiger partial charge in [0, 0.05) is 29.9 Å². The van der Waals surface area contributed by atoms with Gasteiger partial charge in [0.05, 0.1) is 24.3 Å². The van der Waals surface area contributed by atoms with Gasteiger partial charge in [-0.3, -0.25) is 14.8 Å². The summed E-state index contributed by atoms with van der Waals surface area (Å²) in [5.41, 5.74) is -0.271. The molecule has 1 saturated heterocycles. The van der Waals surface area contributed by atoms with E-state index in [4.69, 9.17) is 0 Å². The number of likely N-dealkylation sites (tertiary alicyclic amines) is 1. The van der Waals surface area contributed by atoms with Crippen molar-refractivity contribution in [2.24, 2.45) is 0 Å². The first-order valence-electron chi connectivity index (χ1n) is 8.92. The van der Waals surface area contributed by atoms with E-state index in [2.05, 4.69) is 15.3 Å². The van der Waals surface area contributed by atoms with Gasteiger partial charge in [0.25, 0.3) is 0 Å². The number of nitrogens with zero attached hydrogens (tertiary/aromatic N) is 4. The molecule has 2 aromatic rings. The van der Waals surface area contributed by atoms with Gasteiger partial charge in [-0.15, -0.1) is 0 Å². The summed E-state index contributed by atoms with van der Waals surface area (Å²) in [5.74, 6) is -0.742. The second kappa shape index (κ2) is 8.55. The van der Waals surface area contributed by atoms with E-state index in [-0.39, 0.29) is 35.3 Å². The van der Waals surface area contributed by atoms with E-state index in [0.29, 0.717) is 4.90 Å². The number of alkyl halides is 4. The first-order valence-corrected chi connectivity index (χ1v) is 8.92. The van der Waals surface area contributed by atoms with Crippen molar-refractivity contribution >= 4 is 12.0 Å². The van der Waals surface area contributed by atoms with Crippen LogP contribution in [0.1, 0.15) is 23.4 Å². The van der Waals surface area contributed by atoms with Crippen LogP contribution in [0.15, 0.2) is 30.6 Å². The quantitative estimate of drug-likeness (QED) is 0.724. The Kier molecular flexibility index (Phi) is 6.05. The highest BCUT2D eigenvalue weighted by Crippen LogP contribution is 2.30. The Hall–Kier alpha value is -3.75. The highest BCUT2D eigenvalue weighted by molar-refractivity contribution is 5.85. The molecular weight excluding hydrogens is 422 g/mol. The standard InChI is InChI=1S/C19H15F4N5O3/c20-12-3-15(28(9-12)18(30)31)17(29)27-8-13-4-14(11(5-24)7-25-13)10-1-2-16(26-6-10)19(21,22)23/h1-2,4,6-7,12,15H,3,8-9H2,(H,27,29)(H,30,31)/p-1/t12-,15+/m1/s1. The monoisotopic (exact) mass is 436 g/mol. The molecule has 0 radical (unpaired) electrons. The minimum Gasteiger partial charge on any atom is -0.530 e. The molecular formula is C19H14F4N5O3-. The summed E-state index contributed by atoms with van der Waals surface area (Å²) in [6, 6.07) is 3.97. The van der Waals surface area contributed by atoms with Crippen molar-refractivity contribution in [3.63, 3.8) is 0 Å².